The summed E-state index contributed by atoms with van der Waals surface area (Å²) in [6.07, 6.45) is 1.50. The van der Waals surface area contributed by atoms with Gasteiger partial charge in [0.15, 0.2) is 0 Å². The van der Waals surface area contributed by atoms with Gasteiger partial charge in [0.05, 0.1) is 6.07 Å². The number of hydrogen-bond donors (Lipinski definition) is 1. The summed E-state index contributed by atoms with van der Waals surface area (Å²) < 4.78 is 0. The summed E-state index contributed by atoms with van der Waals surface area (Å²) >= 11 is 0. The highest BCUT2D eigenvalue weighted by molar-refractivity contribution is 5.48. The second-order valence-electron chi connectivity index (χ2n) is 4.62. The molecular formula is C15H17N5. The van der Waals surface area contributed by atoms with Gasteiger partial charge in [0, 0.05) is 19.7 Å². The smallest absolute Gasteiger partial charge is 0.134 e. The van der Waals surface area contributed by atoms with Gasteiger partial charge in [-0.25, -0.2) is 9.97 Å². The number of hydrogen-bond acceptors (Lipinski definition) is 5. The van der Waals surface area contributed by atoms with Crippen LogP contribution in [-0.2, 0) is 6.54 Å². The molecule has 5 heteroatoms. The lowest BCUT2D eigenvalue weighted by Crippen LogP contribution is -2.18. The molecule has 0 amide bonds. The van der Waals surface area contributed by atoms with Gasteiger partial charge in [0.1, 0.15) is 24.5 Å². The fraction of sp³-hybridized carbons (Fsp3) is 0.267. The number of benzene rings is 1. The maximum absolute atomic E-state index is 8.69. The molecule has 0 unspecified atom stereocenters. The van der Waals surface area contributed by atoms with Crippen molar-refractivity contribution < 1.29 is 0 Å². The van der Waals surface area contributed by atoms with Gasteiger partial charge in [-0.15, -0.1) is 0 Å². The van der Waals surface area contributed by atoms with Crippen LogP contribution < -0.4 is 10.2 Å². The summed E-state index contributed by atoms with van der Waals surface area (Å²) in [7, 11) is 1.83. The minimum absolute atomic E-state index is 0.300. The van der Waals surface area contributed by atoms with Crippen LogP contribution in [0.3, 0.4) is 0 Å². The SMILES string of the molecule is Cc1cccc(CNc2cc(N(C)CC#N)ncn2)c1. The maximum atomic E-state index is 8.69. The fourth-order valence-electron chi connectivity index (χ4n) is 1.85. The molecule has 0 atom stereocenters. The first kappa shape index (κ1) is 13.8. The molecule has 20 heavy (non-hydrogen) atoms. The molecule has 0 spiro atoms. The van der Waals surface area contributed by atoms with Crippen LogP contribution in [-0.4, -0.2) is 23.6 Å². The van der Waals surface area contributed by atoms with Crippen LogP contribution in [0.5, 0.6) is 0 Å². The first-order chi connectivity index (χ1) is 9.69. The Morgan fingerprint density at radius 2 is 2.15 bits per heavy atom. The minimum atomic E-state index is 0.300. The van der Waals surface area contributed by atoms with E-state index < -0.39 is 0 Å². The molecule has 0 radical (unpaired) electrons. The molecule has 0 bridgehead atoms. The van der Waals surface area contributed by atoms with Crippen molar-refractivity contribution in [3.8, 4) is 6.07 Å². The molecule has 2 rings (SSSR count). The Labute approximate surface area is 118 Å². The van der Waals surface area contributed by atoms with Crippen LogP contribution in [0.2, 0.25) is 0 Å². The van der Waals surface area contributed by atoms with E-state index in [4.69, 9.17) is 5.26 Å². The van der Waals surface area contributed by atoms with E-state index in [0.29, 0.717) is 13.1 Å². The number of aryl methyl sites for hydroxylation is 1. The van der Waals surface area contributed by atoms with Crippen molar-refractivity contribution >= 4 is 11.6 Å². The van der Waals surface area contributed by atoms with E-state index in [-0.39, 0.29) is 0 Å². The van der Waals surface area contributed by atoms with Crippen LogP contribution in [0.25, 0.3) is 0 Å². The molecule has 0 aliphatic heterocycles. The van der Waals surface area contributed by atoms with E-state index >= 15 is 0 Å². The minimum Gasteiger partial charge on any atom is -0.366 e. The van der Waals surface area contributed by atoms with Gasteiger partial charge in [0.2, 0.25) is 0 Å². The zero-order valence-corrected chi connectivity index (χ0v) is 11.7. The summed E-state index contributed by atoms with van der Waals surface area (Å²) in [6.45, 7) is 3.08. The third-order valence-corrected chi connectivity index (χ3v) is 2.91. The summed E-state index contributed by atoms with van der Waals surface area (Å²) in [5.74, 6) is 1.48. The Balaban J connectivity index is 2.03. The lowest BCUT2D eigenvalue weighted by Gasteiger charge is -2.14. The quantitative estimate of drug-likeness (QED) is 0.842. The molecule has 5 nitrogen and oxygen atoms in total. The number of nitrogens with zero attached hydrogens (tertiary/aromatic N) is 4. The Hall–Kier alpha value is -2.61. The summed E-state index contributed by atoms with van der Waals surface area (Å²) in [6, 6.07) is 12.3. The number of aromatic nitrogens is 2. The Morgan fingerprint density at radius 3 is 2.90 bits per heavy atom. The fourth-order valence-corrected chi connectivity index (χ4v) is 1.85. The van der Waals surface area contributed by atoms with Gasteiger partial charge in [-0.3, -0.25) is 0 Å². The van der Waals surface area contributed by atoms with Gasteiger partial charge in [-0.2, -0.15) is 5.26 Å². The van der Waals surface area contributed by atoms with E-state index in [1.54, 1.807) is 4.90 Å². The first-order valence-electron chi connectivity index (χ1n) is 6.38. The highest BCUT2D eigenvalue weighted by Gasteiger charge is 2.03. The molecule has 102 valence electrons. The van der Waals surface area contributed by atoms with Crippen LogP contribution in [0.1, 0.15) is 11.1 Å². The molecule has 1 heterocycles. The van der Waals surface area contributed by atoms with Gasteiger partial charge in [-0.1, -0.05) is 29.8 Å². The molecule has 1 aromatic heterocycles. The number of rotatable bonds is 5. The monoisotopic (exact) mass is 267 g/mol. The zero-order valence-electron chi connectivity index (χ0n) is 11.7. The molecule has 0 aliphatic carbocycles. The molecule has 0 saturated heterocycles. The summed E-state index contributed by atoms with van der Waals surface area (Å²) in [5, 5.41) is 12.0. The molecule has 0 aliphatic rings. The third-order valence-electron chi connectivity index (χ3n) is 2.91. The predicted molar refractivity (Wildman–Crippen MR) is 79.4 cm³/mol. The van der Waals surface area contributed by atoms with Crippen molar-refractivity contribution in [3.05, 3.63) is 47.8 Å². The van der Waals surface area contributed by atoms with E-state index in [9.17, 15) is 0 Å². The average Bonchev–Trinajstić information content (AvgIpc) is 2.46. The molecule has 2 aromatic rings. The number of anilines is 2. The van der Waals surface area contributed by atoms with Crippen molar-refractivity contribution in [3.63, 3.8) is 0 Å². The lowest BCUT2D eigenvalue weighted by atomic mass is 10.1. The average molecular weight is 267 g/mol. The normalized spacial score (nSPS) is 9.85. The highest BCUT2D eigenvalue weighted by atomic mass is 15.2. The molecule has 1 aromatic carbocycles. The third kappa shape index (κ3) is 3.69. The van der Waals surface area contributed by atoms with Crippen LogP contribution in [0.15, 0.2) is 36.7 Å². The highest BCUT2D eigenvalue weighted by Crippen LogP contribution is 2.13. The molecular weight excluding hydrogens is 250 g/mol. The summed E-state index contributed by atoms with van der Waals surface area (Å²) in [4.78, 5) is 10.1. The van der Waals surface area contributed by atoms with E-state index in [2.05, 4.69) is 46.5 Å². The number of nitrogens with one attached hydrogen (secondary N) is 1. The van der Waals surface area contributed by atoms with E-state index in [1.807, 2.05) is 19.2 Å². The van der Waals surface area contributed by atoms with Crippen LogP contribution in [0.4, 0.5) is 11.6 Å². The van der Waals surface area contributed by atoms with Crippen LogP contribution >= 0.6 is 0 Å². The van der Waals surface area contributed by atoms with Gasteiger partial charge in [0.25, 0.3) is 0 Å². The molecule has 1 N–H and O–H groups in total. The van der Waals surface area contributed by atoms with Crippen molar-refractivity contribution in [2.75, 3.05) is 23.8 Å². The van der Waals surface area contributed by atoms with Crippen molar-refractivity contribution in [2.45, 2.75) is 13.5 Å². The Bertz CT molecular complexity index is 618. The number of nitriles is 1. The first-order valence-corrected chi connectivity index (χ1v) is 6.38. The summed E-state index contributed by atoms with van der Waals surface area (Å²) in [5.41, 5.74) is 2.44. The van der Waals surface area contributed by atoms with Gasteiger partial charge in [-0.05, 0) is 12.5 Å². The Morgan fingerprint density at radius 1 is 1.30 bits per heavy atom. The second kappa shape index (κ2) is 6.53. The predicted octanol–water partition coefficient (Wildman–Crippen LogP) is 2.36. The van der Waals surface area contributed by atoms with Crippen molar-refractivity contribution in [1.82, 2.24) is 9.97 Å². The zero-order chi connectivity index (χ0) is 14.4. The molecule has 0 fully saturated rings. The maximum Gasteiger partial charge on any atom is 0.134 e. The van der Waals surface area contributed by atoms with Crippen molar-refractivity contribution in [1.29, 1.82) is 5.26 Å². The lowest BCUT2D eigenvalue weighted by molar-refractivity contribution is 0.974. The van der Waals surface area contributed by atoms with Crippen LogP contribution in [0, 0.1) is 18.3 Å². The van der Waals surface area contributed by atoms with Crippen molar-refractivity contribution in [2.24, 2.45) is 0 Å². The topological polar surface area (TPSA) is 64.8 Å². The molecule has 0 saturated carbocycles. The van der Waals surface area contributed by atoms with Gasteiger partial charge < -0.3 is 10.2 Å². The van der Waals surface area contributed by atoms with E-state index in [1.165, 1.54) is 17.5 Å². The second-order valence-corrected chi connectivity index (χ2v) is 4.62. The largest absolute Gasteiger partial charge is 0.366 e. The Kier molecular flexibility index (Phi) is 4.51. The standard InChI is InChI=1S/C15H17N5/c1-12-4-3-5-13(8-12)10-17-14-9-15(19-11-18-14)20(2)7-6-16/h3-5,8-9,11H,7,10H2,1-2H3,(H,17,18,19). The van der Waals surface area contributed by atoms with Gasteiger partial charge >= 0.3 is 0 Å². The van der Waals surface area contributed by atoms with E-state index in [0.717, 1.165) is 11.6 Å².